The van der Waals surface area contributed by atoms with E-state index in [-0.39, 0.29) is 12.5 Å². The van der Waals surface area contributed by atoms with Crippen LogP contribution in [0.25, 0.3) is 0 Å². The lowest BCUT2D eigenvalue weighted by molar-refractivity contribution is 0.00795. The third-order valence-corrected chi connectivity index (χ3v) is 3.36. The number of nitrogens with zero attached hydrogens (tertiary/aromatic N) is 3. The lowest BCUT2D eigenvalue weighted by atomic mass is 9.95. The molecule has 2 heterocycles. The molecule has 1 aromatic rings. The summed E-state index contributed by atoms with van der Waals surface area (Å²) in [5, 5.41) is 9.46. The number of hydrogen-bond donors (Lipinski definition) is 1. The molecule has 1 N–H and O–H groups in total. The minimum atomic E-state index is -1.36. The van der Waals surface area contributed by atoms with Gasteiger partial charge in [-0.05, 0) is 46.6 Å². The number of epoxide rings is 1. The van der Waals surface area contributed by atoms with Crippen LogP contribution in [-0.4, -0.2) is 49.9 Å². The monoisotopic (exact) mass is 337 g/mol. The van der Waals surface area contributed by atoms with E-state index in [1.807, 2.05) is 0 Å². The van der Waals surface area contributed by atoms with E-state index in [1.54, 1.807) is 47.0 Å². The van der Waals surface area contributed by atoms with Crippen LogP contribution >= 0.6 is 0 Å². The van der Waals surface area contributed by atoms with Crippen molar-refractivity contribution in [3.05, 3.63) is 23.8 Å². The summed E-state index contributed by atoms with van der Waals surface area (Å²) in [6.45, 7) is 8.99. The van der Waals surface area contributed by atoms with Gasteiger partial charge in [-0.15, -0.1) is 0 Å². The van der Waals surface area contributed by atoms with Crippen LogP contribution in [-0.2, 0) is 15.9 Å². The van der Waals surface area contributed by atoms with Gasteiger partial charge in [0.25, 0.3) is 0 Å². The summed E-state index contributed by atoms with van der Waals surface area (Å²) in [5.41, 5.74) is -1.08. The number of carbonyl (C=O) groups excluding carboxylic acids is 1. The number of ether oxygens (including phenoxy) is 2. The Kier molecular flexibility index (Phi) is 4.80. The van der Waals surface area contributed by atoms with Crippen LogP contribution in [0.3, 0.4) is 0 Å². The summed E-state index contributed by atoms with van der Waals surface area (Å²) in [6.07, 6.45) is 1.22. The molecule has 8 heteroatoms. The normalized spacial score (nSPS) is 17.3. The van der Waals surface area contributed by atoms with Crippen LogP contribution in [0.1, 0.15) is 52.1 Å². The SMILES string of the molecule is CC(C)(C)OC(=O)N(C(=O)O)C(C)(C)Cc1cnc(C2CO2)nc1. The van der Waals surface area contributed by atoms with Crippen LogP contribution in [0.15, 0.2) is 12.4 Å². The van der Waals surface area contributed by atoms with Crippen molar-refractivity contribution >= 4 is 12.2 Å². The Morgan fingerprint density at radius 3 is 2.25 bits per heavy atom. The van der Waals surface area contributed by atoms with Gasteiger partial charge in [-0.25, -0.2) is 24.5 Å². The van der Waals surface area contributed by atoms with E-state index in [4.69, 9.17) is 9.47 Å². The number of aromatic nitrogens is 2. The maximum Gasteiger partial charge on any atom is 0.420 e. The predicted octanol–water partition coefficient (Wildman–Crippen LogP) is 2.78. The average Bonchev–Trinajstić information content (AvgIpc) is 3.19. The predicted molar refractivity (Wildman–Crippen MR) is 84.6 cm³/mol. The average molecular weight is 337 g/mol. The van der Waals surface area contributed by atoms with Crippen LogP contribution < -0.4 is 0 Å². The number of imide groups is 1. The molecule has 0 aliphatic carbocycles. The molecule has 1 aliphatic rings. The second-order valence-corrected chi connectivity index (χ2v) is 7.36. The van der Waals surface area contributed by atoms with E-state index in [0.717, 1.165) is 5.56 Å². The fourth-order valence-electron chi connectivity index (χ4n) is 2.29. The number of hydrogen-bond acceptors (Lipinski definition) is 6. The van der Waals surface area contributed by atoms with Crippen molar-refractivity contribution in [3.8, 4) is 0 Å². The standard InChI is InChI=1S/C16H23N3O5/c1-15(2,3)24-14(22)19(13(20)21)16(4,5)6-10-7-17-12(18-8-10)11-9-23-11/h7-8,11H,6,9H2,1-5H3,(H,20,21). The van der Waals surface area contributed by atoms with E-state index in [9.17, 15) is 14.7 Å². The quantitative estimate of drug-likeness (QED) is 0.842. The zero-order valence-corrected chi connectivity index (χ0v) is 14.6. The zero-order valence-electron chi connectivity index (χ0n) is 14.6. The molecule has 24 heavy (non-hydrogen) atoms. The Balaban J connectivity index is 2.14. The molecule has 1 atom stereocenters. The number of carboxylic acid groups (broad SMARTS) is 1. The highest BCUT2D eigenvalue weighted by Crippen LogP contribution is 2.27. The third-order valence-electron chi connectivity index (χ3n) is 3.36. The minimum Gasteiger partial charge on any atom is -0.465 e. The lowest BCUT2D eigenvalue weighted by Gasteiger charge is -2.35. The van der Waals surface area contributed by atoms with Gasteiger partial charge in [0.05, 0.1) is 12.1 Å². The highest BCUT2D eigenvalue weighted by atomic mass is 16.6. The Bertz CT molecular complexity index is 618. The lowest BCUT2D eigenvalue weighted by Crippen LogP contribution is -2.53. The van der Waals surface area contributed by atoms with Gasteiger partial charge in [0.2, 0.25) is 0 Å². The molecule has 1 aliphatic heterocycles. The number of amides is 2. The van der Waals surface area contributed by atoms with Gasteiger partial charge in [-0.2, -0.15) is 0 Å². The summed E-state index contributed by atoms with van der Waals surface area (Å²) in [5.74, 6) is 0.610. The van der Waals surface area contributed by atoms with Crippen molar-refractivity contribution in [2.75, 3.05) is 6.61 Å². The smallest absolute Gasteiger partial charge is 0.420 e. The molecule has 2 amide bonds. The van der Waals surface area contributed by atoms with Gasteiger partial charge in [0, 0.05) is 12.4 Å². The van der Waals surface area contributed by atoms with Gasteiger partial charge in [-0.1, -0.05) is 0 Å². The van der Waals surface area contributed by atoms with Crippen molar-refractivity contribution in [3.63, 3.8) is 0 Å². The molecule has 0 bridgehead atoms. The topological polar surface area (TPSA) is 105 Å². The molecule has 1 unspecified atom stereocenters. The maximum atomic E-state index is 12.3. The second kappa shape index (κ2) is 6.35. The molecule has 0 radical (unpaired) electrons. The molecule has 8 nitrogen and oxygen atoms in total. The van der Waals surface area contributed by atoms with Crippen molar-refractivity contribution in [2.45, 2.75) is 58.3 Å². The van der Waals surface area contributed by atoms with Gasteiger partial charge in [0.1, 0.15) is 11.7 Å². The molecular formula is C16H23N3O5. The number of rotatable bonds is 4. The van der Waals surface area contributed by atoms with Crippen molar-refractivity contribution in [1.82, 2.24) is 14.9 Å². The van der Waals surface area contributed by atoms with E-state index < -0.39 is 23.3 Å². The summed E-state index contributed by atoms with van der Waals surface area (Å²) in [6, 6.07) is 0. The molecule has 0 aromatic carbocycles. The third kappa shape index (κ3) is 4.64. The number of carbonyl (C=O) groups is 2. The van der Waals surface area contributed by atoms with E-state index in [2.05, 4.69) is 9.97 Å². The van der Waals surface area contributed by atoms with Crippen LogP contribution in [0.4, 0.5) is 9.59 Å². The van der Waals surface area contributed by atoms with E-state index in [1.165, 1.54) is 0 Å². The van der Waals surface area contributed by atoms with Gasteiger partial charge in [-0.3, -0.25) is 0 Å². The largest absolute Gasteiger partial charge is 0.465 e. The summed E-state index contributed by atoms with van der Waals surface area (Å²) in [4.78, 5) is 33.0. The van der Waals surface area contributed by atoms with Gasteiger partial charge >= 0.3 is 12.2 Å². The van der Waals surface area contributed by atoms with E-state index >= 15 is 0 Å². The molecule has 1 saturated heterocycles. The second-order valence-electron chi connectivity index (χ2n) is 7.36. The van der Waals surface area contributed by atoms with Crippen molar-refractivity contribution < 1.29 is 24.2 Å². The first-order valence-corrected chi connectivity index (χ1v) is 7.68. The molecule has 2 rings (SSSR count). The van der Waals surface area contributed by atoms with Crippen LogP contribution in [0, 0.1) is 0 Å². The summed E-state index contributed by atoms with van der Waals surface area (Å²) >= 11 is 0. The molecule has 1 aromatic heterocycles. The Labute approximate surface area is 140 Å². The molecule has 132 valence electrons. The van der Waals surface area contributed by atoms with Crippen molar-refractivity contribution in [2.24, 2.45) is 0 Å². The van der Waals surface area contributed by atoms with E-state index in [0.29, 0.717) is 17.3 Å². The first kappa shape index (κ1) is 18.1. The van der Waals surface area contributed by atoms with Crippen LogP contribution in [0.2, 0.25) is 0 Å². The fourth-order valence-corrected chi connectivity index (χ4v) is 2.29. The minimum absolute atomic E-state index is 0.0376. The first-order chi connectivity index (χ1) is 11.0. The highest BCUT2D eigenvalue weighted by molar-refractivity contribution is 5.88. The van der Waals surface area contributed by atoms with Gasteiger partial charge < -0.3 is 14.6 Å². The Morgan fingerprint density at radius 1 is 1.29 bits per heavy atom. The first-order valence-electron chi connectivity index (χ1n) is 7.68. The highest BCUT2D eigenvalue weighted by Gasteiger charge is 2.39. The van der Waals surface area contributed by atoms with Crippen LogP contribution in [0.5, 0.6) is 0 Å². The summed E-state index contributed by atoms with van der Waals surface area (Å²) < 4.78 is 10.3. The molecule has 1 fully saturated rings. The molecule has 0 spiro atoms. The zero-order chi connectivity index (χ0) is 18.1. The Morgan fingerprint density at radius 2 is 1.83 bits per heavy atom. The maximum absolute atomic E-state index is 12.3. The fraction of sp³-hybridized carbons (Fsp3) is 0.625. The summed E-state index contributed by atoms with van der Waals surface area (Å²) in [7, 11) is 0. The van der Waals surface area contributed by atoms with Gasteiger partial charge in [0.15, 0.2) is 5.82 Å². The Hall–Kier alpha value is -2.22. The molecular weight excluding hydrogens is 314 g/mol. The molecule has 0 saturated carbocycles. The van der Waals surface area contributed by atoms with Crippen molar-refractivity contribution in [1.29, 1.82) is 0 Å².